The first-order chi connectivity index (χ1) is 7.52. The van der Waals surface area contributed by atoms with Gasteiger partial charge in [0.25, 0.3) is 0 Å². The first kappa shape index (κ1) is 12.9. The summed E-state index contributed by atoms with van der Waals surface area (Å²) in [5.74, 6) is -0.379. The minimum Gasteiger partial charge on any atom is -0.389 e. The summed E-state index contributed by atoms with van der Waals surface area (Å²) < 4.78 is 0. The number of rotatable bonds is 3. The average Bonchev–Trinajstić information content (AvgIpc) is 2.55. The number of imide groups is 1. The van der Waals surface area contributed by atoms with Gasteiger partial charge in [-0.25, -0.2) is 4.79 Å². The van der Waals surface area contributed by atoms with Gasteiger partial charge in [-0.3, -0.25) is 15.0 Å². The number of carbonyl (C=O) groups excluding carboxylic acids is 2. The molecule has 0 unspecified atom stereocenters. The third-order valence-corrected chi connectivity index (χ3v) is 2.47. The van der Waals surface area contributed by atoms with Crippen LogP contribution in [0.4, 0.5) is 4.79 Å². The molecule has 3 amide bonds. The fourth-order valence-corrected chi connectivity index (χ4v) is 1.54. The normalized spacial score (nSPS) is 25.4. The first-order valence-electron chi connectivity index (χ1n) is 5.13. The summed E-state index contributed by atoms with van der Waals surface area (Å²) in [4.78, 5) is 23.8. The number of aliphatic hydroxyl groups excluding tert-OH is 2. The van der Waals surface area contributed by atoms with Gasteiger partial charge in [0.1, 0.15) is 0 Å². The number of urea groups is 1. The van der Waals surface area contributed by atoms with E-state index in [4.69, 9.17) is 0 Å². The molecular weight excluding hydrogens is 214 g/mol. The Morgan fingerprint density at radius 3 is 2.38 bits per heavy atom. The largest absolute Gasteiger partial charge is 0.389 e. The van der Waals surface area contributed by atoms with E-state index in [2.05, 4.69) is 10.6 Å². The van der Waals surface area contributed by atoms with E-state index in [1.165, 1.54) is 7.05 Å². The van der Waals surface area contributed by atoms with Gasteiger partial charge in [0.05, 0.1) is 12.2 Å². The number of amides is 3. The monoisotopic (exact) mass is 231 g/mol. The van der Waals surface area contributed by atoms with Crippen molar-refractivity contribution in [3.05, 3.63) is 0 Å². The molecule has 2 atom stereocenters. The first-order valence-corrected chi connectivity index (χ1v) is 5.13. The van der Waals surface area contributed by atoms with E-state index in [0.717, 1.165) is 0 Å². The zero-order valence-electron chi connectivity index (χ0n) is 9.14. The molecule has 1 heterocycles. The number of carbonyl (C=O) groups is 2. The van der Waals surface area contributed by atoms with E-state index in [-0.39, 0.29) is 12.3 Å². The standard InChI is InChI=1S/C9H17N3O4/c1-10-9(16)11-8(15)2-3-12-4-6(13)7(14)5-12/h6-7,13-14H,2-5H2,1H3,(H2,10,11,15,16)/t6-,7+. The molecule has 1 saturated heterocycles. The van der Waals surface area contributed by atoms with Crippen molar-refractivity contribution in [1.82, 2.24) is 15.5 Å². The van der Waals surface area contributed by atoms with E-state index >= 15 is 0 Å². The molecule has 0 saturated carbocycles. The summed E-state index contributed by atoms with van der Waals surface area (Å²) in [5.41, 5.74) is 0. The molecule has 0 radical (unpaired) electrons. The number of likely N-dealkylation sites (tertiary alicyclic amines) is 1. The summed E-state index contributed by atoms with van der Waals surface area (Å²) in [5, 5.41) is 22.9. The minimum absolute atomic E-state index is 0.160. The van der Waals surface area contributed by atoms with Gasteiger partial charge in [-0.15, -0.1) is 0 Å². The quantitative estimate of drug-likeness (QED) is 0.444. The fourth-order valence-electron chi connectivity index (χ4n) is 1.54. The zero-order chi connectivity index (χ0) is 12.1. The van der Waals surface area contributed by atoms with Gasteiger partial charge in [0.2, 0.25) is 5.91 Å². The smallest absolute Gasteiger partial charge is 0.321 e. The van der Waals surface area contributed by atoms with Crippen molar-refractivity contribution in [3.63, 3.8) is 0 Å². The Kier molecular flexibility index (Phi) is 4.66. The molecule has 16 heavy (non-hydrogen) atoms. The SMILES string of the molecule is CNC(=O)NC(=O)CCN1C[C@@H](O)[C@@H](O)C1. The molecule has 0 aromatic heterocycles. The van der Waals surface area contributed by atoms with E-state index in [1.807, 2.05) is 0 Å². The van der Waals surface area contributed by atoms with Crippen LogP contribution in [0.1, 0.15) is 6.42 Å². The molecule has 4 N–H and O–H groups in total. The lowest BCUT2D eigenvalue weighted by atomic mass is 10.3. The van der Waals surface area contributed by atoms with Crippen molar-refractivity contribution in [2.45, 2.75) is 18.6 Å². The Balaban J connectivity index is 2.20. The van der Waals surface area contributed by atoms with Crippen LogP contribution < -0.4 is 10.6 Å². The van der Waals surface area contributed by atoms with Crippen LogP contribution in [0.2, 0.25) is 0 Å². The number of β-amino-alcohol motifs (C(OH)–C–C–N with tert-alkyl or cyclic N) is 2. The second kappa shape index (κ2) is 5.78. The van der Waals surface area contributed by atoms with Crippen molar-refractivity contribution >= 4 is 11.9 Å². The highest BCUT2D eigenvalue weighted by molar-refractivity contribution is 5.94. The van der Waals surface area contributed by atoms with Gasteiger partial charge >= 0.3 is 6.03 Å². The molecule has 0 bridgehead atoms. The highest BCUT2D eigenvalue weighted by Crippen LogP contribution is 2.09. The maximum absolute atomic E-state index is 11.2. The van der Waals surface area contributed by atoms with E-state index in [1.54, 1.807) is 4.90 Å². The van der Waals surface area contributed by atoms with Crippen molar-refractivity contribution in [3.8, 4) is 0 Å². The molecule has 92 valence electrons. The number of hydrogen-bond acceptors (Lipinski definition) is 5. The van der Waals surface area contributed by atoms with Gasteiger partial charge in [0.15, 0.2) is 0 Å². The van der Waals surface area contributed by atoms with Gasteiger partial charge in [-0.1, -0.05) is 0 Å². The molecule has 0 aromatic rings. The van der Waals surface area contributed by atoms with Crippen molar-refractivity contribution in [2.24, 2.45) is 0 Å². The highest BCUT2D eigenvalue weighted by Gasteiger charge is 2.29. The van der Waals surface area contributed by atoms with Gasteiger partial charge in [0, 0.05) is 33.1 Å². The summed E-state index contributed by atoms with van der Waals surface area (Å²) in [6, 6.07) is -0.536. The Hall–Kier alpha value is -1.18. The van der Waals surface area contributed by atoms with Crippen LogP contribution in [-0.2, 0) is 4.79 Å². The van der Waals surface area contributed by atoms with Crippen molar-refractivity contribution in [2.75, 3.05) is 26.7 Å². The van der Waals surface area contributed by atoms with Gasteiger partial charge < -0.3 is 15.5 Å². The molecule has 1 aliphatic rings. The third-order valence-electron chi connectivity index (χ3n) is 2.47. The van der Waals surface area contributed by atoms with E-state index in [9.17, 15) is 19.8 Å². The molecule has 1 fully saturated rings. The topological polar surface area (TPSA) is 102 Å². The summed E-state index contributed by atoms with van der Waals surface area (Å²) in [6.07, 6.45) is -1.34. The number of nitrogens with zero attached hydrogens (tertiary/aromatic N) is 1. The molecule has 1 aliphatic heterocycles. The van der Waals surface area contributed by atoms with Crippen LogP contribution >= 0.6 is 0 Å². The molecule has 7 heteroatoms. The highest BCUT2D eigenvalue weighted by atomic mass is 16.3. The lowest BCUT2D eigenvalue weighted by molar-refractivity contribution is -0.120. The minimum atomic E-state index is -0.748. The summed E-state index contributed by atoms with van der Waals surface area (Å²) in [7, 11) is 1.43. The fraction of sp³-hybridized carbons (Fsp3) is 0.778. The molecule has 0 aromatic carbocycles. The van der Waals surface area contributed by atoms with Crippen LogP contribution in [0.15, 0.2) is 0 Å². The van der Waals surface area contributed by atoms with Crippen molar-refractivity contribution < 1.29 is 19.8 Å². The predicted octanol–water partition coefficient (Wildman–Crippen LogP) is -2.13. The van der Waals surface area contributed by atoms with Gasteiger partial charge in [-0.05, 0) is 0 Å². The number of aliphatic hydroxyl groups is 2. The lowest BCUT2D eigenvalue weighted by Crippen LogP contribution is -2.39. The molecule has 1 rings (SSSR count). The summed E-state index contributed by atoms with van der Waals surface area (Å²) >= 11 is 0. The Morgan fingerprint density at radius 2 is 1.88 bits per heavy atom. The lowest BCUT2D eigenvalue weighted by Gasteiger charge is -2.13. The Labute approximate surface area is 93.4 Å². The molecule has 0 aliphatic carbocycles. The molecule has 7 nitrogen and oxygen atoms in total. The Morgan fingerprint density at radius 1 is 1.31 bits per heavy atom. The molecular formula is C9H17N3O4. The maximum atomic E-state index is 11.2. The van der Waals surface area contributed by atoms with Crippen LogP contribution in [0.25, 0.3) is 0 Å². The number of hydrogen-bond donors (Lipinski definition) is 4. The van der Waals surface area contributed by atoms with Crippen LogP contribution in [0.3, 0.4) is 0 Å². The van der Waals surface area contributed by atoms with E-state index in [0.29, 0.717) is 19.6 Å². The Bertz CT molecular complexity index is 261. The molecule has 0 spiro atoms. The maximum Gasteiger partial charge on any atom is 0.321 e. The summed E-state index contributed by atoms with van der Waals surface area (Å²) in [6.45, 7) is 1.12. The number of nitrogens with one attached hydrogen (secondary N) is 2. The van der Waals surface area contributed by atoms with Crippen molar-refractivity contribution in [1.29, 1.82) is 0 Å². The second-order valence-electron chi connectivity index (χ2n) is 3.77. The van der Waals surface area contributed by atoms with Crippen LogP contribution in [0.5, 0.6) is 0 Å². The second-order valence-corrected chi connectivity index (χ2v) is 3.77. The average molecular weight is 231 g/mol. The van der Waals surface area contributed by atoms with Gasteiger partial charge in [-0.2, -0.15) is 0 Å². The van der Waals surface area contributed by atoms with Crippen LogP contribution in [0, 0.1) is 0 Å². The van der Waals surface area contributed by atoms with Crippen LogP contribution in [-0.4, -0.2) is 65.9 Å². The third kappa shape index (κ3) is 3.76. The predicted molar refractivity (Wildman–Crippen MR) is 55.7 cm³/mol. The zero-order valence-corrected chi connectivity index (χ0v) is 9.14. The van der Waals surface area contributed by atoms with E-state index < -0.39 is 18.2 Å².